The molecule has 1 atom stereocenters. The summed E-state index contributed by atoms with van der Waals surface area (Å²) in [7, 11) is 0. The monoisotopic (exact) mass is 294 g/mol. The van der Waals surface area contributed by atoms with Crippen molar-refractivity contribution < 1.29 is 23.1 Å². The van der Waals surface area contributed by atoms with E-state index in [0.29, 0.717) is 25.6 Å². The second kappa shape index (κ2) is 4.88. The van der Waals surface area contributed by atoms with Crippen LogP contribution in [0.5, 0.6) is 0 Å². The molecule has 2 rings (SSSR count). The molecule has 0 aromatic carbocycles. The highest BCUT2D eigenvalue weighted by Gasteiger charge is 2.35. The predicted molar refractivity (Wildman–Crippen MR) is 62.3 cm³/mol. The van der Waals surface area contributed by atoms with Gasteiger partial charge in [0.15, 0.2) is 0 Å². The molecule has 104 valence electrons. The molecular weight excluding hydrogens is 285 g/mol. The molecule has 1 aliphatic heterocycles. The average Bonchev–Trinajstić information content (AvgIpc) is 2.76. The molecule has 1 fully saturated rings. The third-order valence-electron chi connectivity index (χ3n) is 2.96. The van der Waals surface area contributed by atoms with Gasteiger partial charge in [-0.15, -0.1) is 0 Å². The van der Waals surface area contributed by atoms with Crippen LogP contribution in [-0.2, 0) is 11.0 Å². The summed E-state index contributed by atoms with van der Waals surface area (Å²) in [6, 6.07) is -0.0251. The van der Waals surface area contributed by atoms with Crippen molar-refractivity contribution in [1.29, 1.82) is 0 Å². The van der Waals surface area contributed by atoms with Gasteiger partial charge in [0.1, 0.15) is 11.9 Å². The van der Waals surface area contributed by atoms with Crippen LogP contribution in [-0.4, -0.2) is 28.6 Å². The minimum Gasteiger partial charge on any atom is -0.480 e. The third-order valence-corrected chi connectivity index (χ3v) is 3.24. The zero-order valence-electron chi connectivity index (χ0n) is 9.62. The topological polar surface area (TPSA) is 53.4 Å². The molecule has 19 heavy (non-hydrogen) atoms. The molecule has 0 bridgehead atoms. The van der Waals surface area contributed by atoms with Crippen LogP contribution in [0.1, 0.15) is 18.4 Å². The lowest BCUT2D eigenvalue weighted by molar-refractivity contribution is -0.139. The van der Waals surface area contributed by atoms with Gasteiger partial charge < -0.3 is 10.0 Å². The molecule has 0 unspecified atom stereocenters. The Labute approximate surface area is 111 Å². The number of hydrogen-bond acceptors (Lipinski definition) is 3. The zero-order chi connectivity index (χ0) is 14.2. The van der Waals surface area contributed by atoms with Gasteiger partial charge in [0.2, 0.25) is 0 Å². The fourth-order valence-corrected chi connectivity index (χ4v) is 2.35. The fraction of sp³-hybridized carbons (Fsp3) is 0.455. The van der Waals surface area contributed by atoms with Gasteiger partial charge in [-0.3, -0.25) is 0 Å². The highest BCUT2D eigenvalue weighted by atomic mass is 35.5. The van der Waals surface area contributed by atoms with E-state index in [-0.39, 0.29) is 10.8 Å². The molecule has 1 aliphatic rings. The van der Waals surface area contributed by atoms with E-state index in [0.717, 1.165) is 6.07 Å². The standard InChI is InChI=1S/C11H10ClF3N2O2/c12-7-4-6(11(13,14)15)5-16-9(7)17-3-1-2-8(17)10(18)19/h4-5,8H,1-3H2,(H,18,19)/t8-/m1/s1. The first-order valence-electron chi connectivity index (χ1n) is 5.53. The summed E-state index contributed by atoms with van der Waals surface area (Å²) < 4.78 is 37.4. The molecule has 2 heterocycles. The number of alkyl halides is 3. The fourth-order valence-electron chi connectivity index (χ4n) is 2.07. The number of carbonyl (C=O) groups is 1. The lowest BCUT2D eigenvalue weighted by Crippen LogP contribution is -2.36. The van der Waals surface area contributed by atoms with Gasteiger partial charge in [0.05, 0.1) is 10.6 Å². The summed E-state index contributed by atoms with van der Waals surface area (Å²) in [5.41, 5.74) is -0.952. The number of carboxylic acids is 1. The molecule has 1 aromatic heterocycles. The zero-order valence-corrected chi connectivity index (χ0v) is 10.4. The Bertz CT molecular complexity index is 507. The molecule has 0 amide bonds. The van der Waals surface area contributed by atoms with E-state index in [9.17, 15) is 18.0 Å². The van der Waals surface area contributed by atoms with E-state index >= 15 is 0 Å². The smallest absolute Gasteiger partial charge is 0.417 e. The predicted octanol–water partition coefficient (Wildman–Crippen LogP) is 2.81. The molecule has 1 N–H and O–H groups in total. The molecule has 0 spiro atoms. The second-order valence-corrected chi connectivity index (χ2v) is 4.62. The number of pyridine rings is 1. The SMILES string of the molecule is O=C(O)[C@H]1CCCN1c1ncc(C(F)(F)F)cc1Cl. The Morgan fingerprint density at radius 1 is 1.53 bits per heavy atom. The molecule has 0 aliphatic carbocycles. The van der Waals surface area contributed by atoms with Crippen molar-refractivity contribution in [1.82, 2.24) is 4.98 Å². The summed E-state index contributed by atoms with van der Waals surface area (Å²) in [5.74, 6) is -0.949. The van der Waals surface area contributed by atoms with Crippen LogP contribution in [0.15, 0.2) is 12.3 Å². The molecule has 1 aromatic rings. The van der Waals surface area contributed by atoms with Crippen LogP contribution in [0.3, 0.4) is 0 Å². The van der Waals surface area contributed by atoms with Crippen LogP contribution >= 0.6 is 11.6 Å². The molecule has 8 heteroatoms. The van der Waals surface area contributed by atoms with Crippen molar-refractivity contribution in [3.8, 4) is 0 Å². The minimum absolute atomic E-state index is 0.0829. The summed E-state index contributed by atoms with van der Waals surface area (Å²) in [4.78, 5) is 16.1. The molecule has 0 saturated carbocycles. The van der Waals surface area contributed by atoms with Gasteiger partial charge in [0, 0.05) is 12.7 Å². The maximum absolute atomic E-state index is 12.5. The van der Waals surface area contributed by atoms with Crippen LogP contribution in [0.4, 0.5) is 19.0 Å². The normalized spacial score (nSPS) is 19.8. The number of aromatic nitrogens is 1. The first kappa shape index (κ1) is 13.9. The highest BCUT2D eigenvalue weighted by Crippen LogP contribution is 2.35. The first-order chi connectivity index (χ1) is 8.80. The third kappa shape index (κ3) is 2.75. The Morgan fingerprint density at radius 2 is 2.21 bits per heavy atom. The lowest BCUT2D eigenvalue weighted by atomic mass is 10.2. The largest absolute Gasteiger partial charge is 0.480 e. The maximum Gasteiger partial charge on any atom is 0.417 e. The summed E-state index contributed by atoms with van der Waals surface area (Å²) >= 11 is 5.79. The quantitative estimate of drug-likeness (QED) is 0.911. The highest BCUT2D eigenvalue weighted by molar-refractivity contribution is 6.33. The Balaban J connectivity index is 2.34. The van der Waals surface area contributed by atoms with Gasteiger partial charge in [-0.2, -0.15) is 13.2 Å². The number of hydrogen-bond donors (Lipinski definition) is 1. The van der Waals surface area contributed by atoms with Gasteiger partial charge in [-0.25, -0.2) is 9.78 Å². The van der Waals surface area contributed by atoms with E-state index < -0.39 is 23.8 Å². The first-order valence-corrected chi connectivity index (χ1v) is 5.90. The summed E-state index contributed by atoms with van der Waals surface area (Å²) in [6.45, 7) is 0.412. The Morgan fingerprint density at radius 3 is 2.74 bits per heavy atom. The maximum atomic E-state index is 12.5. The lowest BCUT2D eigenvalue weighted by Gasteiger charge is -2.23. The summed E-state index contributed by atoms with van der Waals surface area (Å²) in [5, 5.41) is 8.84. The van der Waals surface area contributed by atoms with Crippen LogP contribution in [0, 0.1) is 0 Å². The molecular formula is C11H10ClF3N2O2. The van der Waals surface area contributed by atoms with Crippen molar-refractivity contribution in [3.63, 3.8) is 0 Å². The number of nitrogens with zero attached hydrogens (tertiary/aromatic N) is 2. The Hall–Kier alpha value is -1.50. The summed E-state index contributed by atoms with van der Waals surface area (Å²) in [6.07, 6.45) is -2.80. The van der Waals surface area contributed by atoms with Gasteiger partial charge in [-0.05, 0) is 18.9 Å². The van der Waals surface area contributed by atoms with Crippen molar-refractivity contribution in [3.05, 3.63) is 22.8 Å². The number of anilines is 1. The van der Waals surface area contributed by atoms with Crippen molar-refractivity contribution in [2.75, 3.05) is 11.4 Å². The van der Waals surface area contributed by atoms with E-state index in [2.05, 4.69) is 4.98 Å². The van der Waals surface area contributed by atoms with Gasteiger partial charge in [-0.1, -0.05) is 11.6 Å². The Kier molecular flexibility index (Phi) is 3.58. The van der Waals surface area contributed by atoms with Crippen molar-refractivity contribution >= 4 is 23.4 Å². The van der Waals surface area contributed by atoms with Crippen LogP contribution in [0.2, 0.25) is 5.02 Å². The minimum atomic E-state index is -4.52. The number of aliphatic carboxylic acids is 1. The molecule has 1 saturated heterocycles. The number of carboxylic acid groups (broad SMARTS) is 1. The average molecular weight is 295 g/mol. The van der Waals surface area contributed by atoms with Gasteiger partial charge >= 0.3 is 12.1 Å². The van der Waals surface area contributed by atoms with Crippen molar-refractivity contribution in [2.24, 2.45) is 0 Å². The molecule has 0 radical (unpaired) electrons. The van der Waals surface area contributed by atoms with Crippen LogP contribution < -0.4 is 4.90 Å². The van der Waals surface area contributed by atoms with E-state index in [1.54, 1.807) is 0 Å². The number of halogens is 4. The second-order valence-electron chi connectivity index (χ2n) is 4.22. The van der Waals surface area contributed by atoms with E-state index in [4.69, 9.17) is 16.7 Å². The number of rotatable bonds is 2. The van der Waals surface area contributed by atoms with Crippen molar-refractivity contribution in [2.45, 2.75) is 25.1 Å². The van der Waals surface area contributed by atoms with Crippen LogP contribution in [0.25, 0.3) is 0 Å². The van der Waals surface area contributed by atoms with Gasteiger partial charge in [0.25, 0.3) is 0 Å². The van der Waals surface area contributed by atoms with E-state index in [1.807, 2.05) is 0 Å². The molecule has 4 nitrogen and oxygen atoms in total. The van der Waals surface area contributed by atoms with E-state index in [1.165, 1.54) is 4.90 Å².